The molecule has 12 heteroatoms. The number of aliphatic hydroxyl groups excluding tert-OH is 1. The van der Waals surface area contributed by atoms with Crippen molar-refractivity contribution >= 4 is 34.9 Å². The van der Waals surface area contributed by atoms with Gasteiger partial charge in [0.05, 0.1) is 39.0 Å². The number of ether oxygens (including phenoxy) is 2. The van der Waals surface area contributed by atoms with E-state index in [4.69, 9.17) is 20.6 Å². The van der Waals surface area contributed by atoms with E-state index in [1.165, 1.54) is 21.8 Å². The molecule has 2 saturated heterocycles. The lowest BCUT2D eigenvalue weighted by molar-refractivity contribution is -0.152. The minimum atomic E-state index is -1.11. The molecule has 2 fully saturated rings. The highest BCUT2D eigenvalue weighted by Gasteiger charge is 2.52. The molecule has 1 aromatic heterocycles. The summed E-state index contributed by atoms with van der Waals surface area (Å²) in [6.07, 6.45) is 0.111. The zero-order chi connectivity index (χ0) is 31.2. The molecule has 3 aliphatic rings. The Morgan fingerprint density at radius 3 is 2.52 bits per heavy atom. The van der Waals surface area contributed by atoms with E-state index in [9.17, 15) is 19.5 Å². The minimum Gasteiger partial charge on any atom is -0.394 e. The maximum atomic E-state index is 13.5. The first kappa shape index (κ1) is 29.9. The largest absolute Gasteiger partial charge is 0.394 e. The highest BCUT2D eigenvalue weighted by Crippen LogP contribution is 2.48. The first-order valence-electron chi connectivity index (χ1n) is 14.5. The Morgan fingerprint density at radius 1 is 1.09 bits per heavy atom. The number of amidine groups is 1. The van der Waals surface area contributed by atoms with E-state index in [0.29, 0.717) is 29.2 Å². The Morgan fingerprint density at radius 2 is 1.82 bits per heavy atom. The number of hydrogen-bond acceptors (Lipinski definition) is 8. The average molecular weight is 618 g/mol. The van der Waals surface area contributed by atoms with Crippen LogP contribution in [0.25, 0.3) is 11.1 Å². The van der Waals surface area contributed by atoms with Crippen molar-refractivity contribution < 1.29 is 29.0 Å². The van der Waals surface area contributed by atoms with Gasteiger partial charge in [0.15, 0.2) is 5.79 Å². The number of nitrogens with zero attached hydrogens (tertiary/aromatic N) is 1. The third-order valence-electron chi connectivity index (χ3n) is 8.75. The van der Waals surface area contributed by atoms with Gasteiger partial charge in [-0.25, -0.2) is 0 Å². The van der Waals surface area contributed by atoms with E-state index in [1.807, 2.05) is 24.3 Å². The molecule has 6 N–H and O–H groups in total. The van der Waals surface area contributed by atoms with Crippen LogP contribution in [0.1, 0.15) is 58.2 Å². The molecule has 0 radical (unpaired) electrons. The van der Waals surface area contributed by atoms with Gasteiger partial charge >= 0.3 is 0 Å². The van der Waals surface area contributed by atoms with E-state index in [0.717, 1.165) is 16.7 Å². The average Bonchev–Trinajstić information content (AvgIpc) is 3.81. The van der Waals surface area contributed by atoms with E-state index in [2.05, 4.69) is 36.6 Å². The van der Waals surface area contributed by atoms with Crippen molar-refractivity contribution in [3.63, 3.8) is 0 Å². The summed E-state index contributed by atoms with van der Waals surface area (Å²) in [5.74, 6) is -2.57. The smallest absolute Gasteiger partial charge is 0.251 e. The van der Waals surface area contributed by atoms with Gasteiger partial charge in [-0.05, 0) is 40.5 Å². The van der Waals surface area contributed by atoms with E-state index in [1.54, 1.807) is 17.5 Å². The van der Waals surface area contributed by atoms with E-state index in [-0.39, 0.29) is 37.4 Å². The number of thiophene rings is 1. The fraction of sp³-hybridized carbons (Fsp3) is 0.375. The van der Waals surface area contributed by atoms with E-state index < -0.39 is 35.6 Å². The lowest BCUT2D eigenvalue weighted by Gasteiger charge is -2.25. The maximum Gasteiger partial charge on any atom is 0.251 e. The van der Waals surface area contributed by atoms with Gasteiger partial charge in [-0.2, -0.15) is 0 Å². The summed E-state index contributed by atoms with van der Waals surface area (Å²) in [5, 5.41) is 24.9. The zero-order valence-corrected chi connectivity index (χ0v) is 25.3. The molecule has 3 aromatic rings. The molecule has 0 unspecified atom stereocenters. The third-order valence-corrected chi connectivity index (χ3v) is 9.79. The van der Waals surface area contributed by atoms with Crippen LogP contribution >= 0.6 is 11.3 Å². The number of carbonyl (C=O) groups excluding carboxylic acids is 3. The van der Waals surface area contributed by atoms with Crippen molar-refractivity contribution in [1.29, 1.82) is 5.41 Å². The van der Waals surface area contributed by atoms with E-state index >= 15 is 0 Å². The van der Waals surface area contributed by atoms with Crippen molar-refractivity contribution in [3.05, 3.63) is 81.0 Å². The molecule has 1 spiro atoms. The lowest BCUT2D eigenvalue weighted by Crippen LogP contribution is -2.50. The van der Waals surface area contributed by atoms with Crippen molar-refractivity contribution in [2.24, 2.45) is 5.73 Å². The number of amides is 3. The summed E-state index contributed by atoms with van der Waals surface area (Å²) in [7, 11) is 0. The molecule has 3 heterocycles. The zero-order valence-electron chi connectivity index (χ0n) is 24.5. The number of rotatable bonds is 8. The highest BCUT2D eigenvalue weighted by atomic mass is 32.1. The topological polar surface area (TPSA) is 167 Å². The van der Waals surface area contributed by atoms with Crippen LogP contribution in [0.3, 0.4) is 0 Å². The fourth-order valence-electron chi connectivity index (χ4n) is 6.41. The molecule has 6 rings (SSSR count). The Hall–Kier alpha value is -4.10. The van der Waals surface area contributed by atoms with Crippen molar-refractivity contribution in [3.8, 4) is 11.1 Å². The number of nitrogens with two attached hydrogens (primary N) is 1. The number of fused-ring (bicyclic) bond motifs is 3. The van der Waals surface area contributed by atoms with Crippen LogP contribution in [-0.2, 0) is 24.5 Å². The summed E-state index contributed by atoms with van der Waals surface area (Å²) < 4.78 is 11.6. The third kappa shape index (κ3) is 5.28. The Labute approximate surface area is 258 Å². The normalized spacial score (nSPS) is 19.8. The second-order valence-corrected chi connectivity index (χ2v) is 12.8. The van der Waals surface area contributed by atoms with Crippen molar-refractivity contribution in [1.82, 2.24) is 15.5 Å². The minimum absolute atomic E-state index is 0.0295. The van der Waals surface area contributed by atoms with Crippen LogP contribution in [0.15, 0.2) is 53.9 Å². The quantitative estimate of drug-likeness (QED) is 0.191. The van der Waals surface area contributed by atoms with Crippen molar-refractivity contribution in [2.45, 2.75) is 43.6 Å². The highest BCUT2D eigenvalue weighted by molar-refractivity contribution is 7.10. The molecule has 2 aromatic carbocycles. The summed E-state index contributed by atoms with van der Waals surface area (Å²) in [6, 6.07) is 13.7. The molecule has 11 nitrogen and oxygen atoms in total. The molecule has 0 saturated carbocycles. The van der Waals surface area contributed by atoms with Gasteiger partial charge < -0.3 is 35.8 Å². The molecule has 44 heavy (non-hydrogen) atoms. The van der Waals surface area contributed by atoms with Crippen LogP contribution in [0.2, 0.25) is 0 Å². The predicted molar refractivity (Wildman–Crippen MR) is 164 cm³/mol. The Bertz CT molecular complexity index is 1650. The summed E-state index contributed by atoms with van der Waals surface area (Å²) in [6.45, 7) is 4.32. The Kier molecular flexibility index (Phi) is 7.78. The van der Waals surface area contributed by atoms with Gasteiger partial charge in [0.25, 0.3) is 5.91 Å². The second-order valence-electron chi connectivity index (χ2n) is 11.9. The number of likely N-dealkylation sites (tertiary alicyclic amines) is 1. The molecular weight excluding hydrogens is 582 g/mol. The number of nitrogen functional groups attached to an aromatic ring is 1. The summed E-state index contributed by atoms with van der Waals surface area (Å²) >= 11 is 1.26. The van der Waals surface area contributed by atoms with Gasteiger partial charge in [-0.15, -0.1) is 11.3 Å². The van der Waals surface area contributed by atoms with Crippen LogP contribution in [0, 0.1) is 5.41 Å². The number of benzene rings is 2. The number of nitrogens with one attached hydrogen (secondary N) is 3. The van der Waals surface area contributed by atoms with Gasteiger partial charge in [0.2, 0.25) is 11.8 Å². The molecular formula is C32H35N5O6S. The molecule has 1 aliphatic carbocycles. The molecule has 2 atom stereocenters. The monoisotopic (exact) mass is 617 g/mol. The number of aliphatic hydroxyl groups is 1. The molecule has 0 bridgehead atoms. The summed E-state index contributed by atoms with van der Waals surface area (Å²) in [5.41, 5.74) is 10.7. The van der Waals surface area contributed by atoms with Crippen molar-refractivity contribution in [2.75, 3.05) is 32.9 Å². The maximum absolute atomic E-state index is 13.5. The molecule has 3 amide bonds. The SMILES string of the molecule is CC1(C)c2ccccc2-c2cc(C(=O)NCC(=O)N3CC4(C[C@H]3C(=O)N[C@H](CO)c3cc(C(=N)N)cs3)OCCO4)ccc21. The van der Waals surface area contributed by atoms with Crippen LogP contribution < -0.4 is 16.4 Å². The van der Waals surface area contributed by atoms with Gasteiger partial charge in [-0.1, -0.05) is 44.2 Å². The van der Waals surface area contributed by atoms with Gasteiger partial charge in [-0.3, -0.25) is 19.8 Å². The first-order chi connectivity index (χ1) is 21.0. The van der Waals surface area contributed by atoms with Gasteiger partial charge in [0.1, 0.15) is 11.9 Å². The predicted octanol–water partition coefficient (Wildman–Crippen LogP) is 2.26. The molecule has 230 valence electrons. The van der Waals surface area contributed by atoms with Crippen LogP contribution in [0.5, 0.6) is 0 Å². The summed E-state index contributed by atoms with van der Waals surface area (Å²) in [4.78, 5) is 42.3. The van der Waals surface area contributed by atoms with Crippen LogP contribution in [0.4, 0.5) is 0 Å². The second kappa shape index (κ2) is 11.4. The fourth-order valence-corrected chi connectivity index (χ4v) is 7.36. The lowest BCUT2D eigenvalue weighted by atomic mass is 9.82. The Balaban J connectivity index is 1.16. The molecule has 2 aliphatic heterocycles. The number of hydrogen-bond donors (Lipinski definition) is 5. The number of carbonyl (C=O) groups is 3. The first-order valence-corrected chi connectivity index (χ1v) is 15.3. The standard InChI is InChI=1S/C32H35N5O6S/c1-31(2)22-6-4-3-5-20(22)21-11-18(7-8-23(21)31)29(40)35-14-27(39)37-17-32(42-9-10-43-32)13-25(37)30(41)36-24(15-38)26-12-19(16-44-26)28(33)34/h3-8,11-12,16,24-25,38H,9-10,13-15,17H2,1-2H3,(H3,33,34)(H,35,40)(H,36,41)/t24-,25+/m1/s1. The van der Waals surface area contributed by atoms with Crippen LogP contribution in [-0.4, -0.2) is 78.3 Å². The van der Waals surface area contributed by atoms with Gasteiger partial charge in [0, 0.05) is 33.2 Å².